The molecular weight excluding hydrogens is 233 g/mol. The Morgan fingerprint density at radius 1 is 1.61 bits per heavy atom. The van der Waals surface area contributed by atoms with E-state index >= 15 is 0 Å². The lowest BCUT2D eigenvalue weighted by molar-refractivity contribution is -0.0201. The summed E-state index contributed by atoms with van der Waals surface area (Å²) in [6.45, 7) is 1.85. The molecule has 4 N–H and O–H groups in total. The highest BCUT2D eigenvalue weighted by molar-refractivity contribution is 5.75. The van der Waals surface area contributed by atoms with Crippen LogP contribution >= 0.6 is 0 Å². The van der Waals surface area contributed by atoms with Crippen molar-refractivity contribution in [3.63, 3.8) is 0 Å². The Morgan fingerprint density at radius 3 is 2.78 bits per heavy atom. The molecule has 18 heavy (non-hydrogen) atoms. The van der Waals surface area contributed by atoms with Gasteiger partial charge < -0.3 is 16.2 Å². The minimum Gasteiger partial charge on any atom is -0.397 e. The second-order valence-electron chi connectivity index (χ2n) is 4.89. The number of nitrogens with one attached hydrogen (secondary N) is 1. The maximum absolute atomic E-state index is 13.8. The third kappa shape index (κ3) is 2.12. The first-order chi connectivity index (χ1) is 8.47. The number of hydrogen-bond acceptors (Lipinski definition) is 4. The number of nitrogen functional groups attached to an aromatic ring is 1. The summed E-state index contributed by atoms with van der Waals surface area (Å²) < 4.78 is 13.8. The van der Waals surface area contributed by atoms with E-state index < -0.39 is 11.4 Å². The first-order valence-electron chi connectivity index (χ1n) is 5.92. The molecule has 0 radical (unpaired) electrons. The molecule has 5 heteroatoms. The molecule has 0 amide bonds. The van der Waals surface area contributed by atoms with Crippen molar-refractivity contribution in [1.82, 2.24) is 0 Å². The summed E-state index contributed by atoms with van der Waals surface area (Å²) >= 11 is 0. The van der Waals surface area contributed by atoms with Crippen LogP contribution in [0.5, 0.6) is 0 Å². The van der Waals surface area contributed by atoms with Gasteiger partial charge in [0.2, 0.25) is 0 Å². The Balaban J connectivity index is 2.27. The molecule has 1 aliphatic carbocycles. The minimum absolute atomic E-state index is 0.0876. The predicted molar refractivity (Wildman–Crippen MR) is 67.6 cm³/mol. The van der Waals surface area contributed by atoms with Crippen molar-refractivity contribution in [2.75, 3.05) is 17.6 Å². The zero-order chi connectivity index (χ0) is 13.3. The molecule has 0 unspecified atom stereocenters. The first kappa shape index (κ1) is 12.7. The van der Waals surface area contributed by atoms with Crippen LogP contribution in [0.3, 0.4) is 0 Å². The van der Waals surface area contributed by atoms with Gasteiger partial charge in [0.05, 0.1) is 17.0 Å². The van der Waals surface area contributed by atoms with Crippen molar-refractivity contribution in [2.24, 2.45) is 0 Å². The number of halogens is 1. The summed E-state index contributed by atoms with van der Waals surface area (Å²) in [5.74, 6) is -0.560. The van der Waals surface area contributed by atoms with Crippen LogP contribution in [0, 0.1) is 24.1 Å². The van der Waals surface area contributed by atoms with E-state index in [-0.39, 0.29) is 17.8 Å². The zero-order valence-corrected chi connectivity index (χ0v) is 10.3. The molecule has 0 aliphatic heterocycles. The summed E-state index contributed by atoms with van der Waals surface area (Å²) in [5, 5.41) is 21.9. The summed E-state index contributed by atoms with van der Waals surface area (Å²) in [6, 6.07) is 3.31. The Hall–Kier alpha value is -1.80. The average Bonchev–Trinajstić information content (AvgIpc) is 2.29. The fourth-order valence-corrected chi connectivity index (χ4v) is 2.13. The van der Waals surface area contributed by atoms with E-state index in [1.165, 1.54) is 6.07 Å². The highest BCUT2D eigenvalue weighted by Crippen LogP contribution is 2.34. The summed E-state index contributed by atoms with van der Waals surface area (Å²) in [5.41, 5.74) is 5.91. The van der Waals surface area contributed by atoms with Crippen molar-refractivity contribution < 1.29 is 9.50 Å². The molecule has 1 fully saturated rings. The van der Waals surface area contributed by atoms with Crippen molar-refractivity contribution in [2.45, 2.75) is 31.8 Å². The molecule has 0 spiro atoms. The van der Waals surface area contributed by atoms with Crippen molar-refractivity contribution >= 4 is 11.4 Å². The van der Waals surface area contributed by atoms with Gasteiger partial charge in [-0.3, -0.25) is 0 Å². The standard InChI is InChI=1S/C13H16FN3O/c1-8-5-10(16)12(9(6-15)11(8)14)17-7-13(18)3-2-4-13/h5,17-18H,2-4,7,16H2,1H3. The van der Waals surface area contributed by atoms with Crippen LogP contribution in [0.4, 0.5) is 15.8 Å². The second kappa shape index (κ2) is 4.46. The third-order valence-corrected chi connectivity index (χ3v) is 3.47. The SMILES string of the molecule is Cc1cc(N)c(NCC2(O)CCC2)c(C#N)c1F. The van der Waals surface area contributed by atoms with Crippen LogP contribution < -0.4 is 11.1 Å². The van der Waals surface area contributed by atoms with Gasteiger partial charge >= 0.3 is 0 Å². The molecule has 0 saturated heterocycles. The van der Waals surface area contributed by atoms with Gasteiger partial charge in [0, 0.05) is 6.54 Å². The van der Waals surface area contributed by atoms with Gasteiger partial charge in [-0.2, -0.15) is 5.26 Å². The van der Waals surface area contributed by atoms with E-state index in [9.17, 15) is 9.50 Å². The van der Waals surface area contributed by atoms with Gasteiger partial charge in [-0.1, -0.05) is 0 Å². The van der Waals surface area contributed by atoms with Crippen molar-refractivity contribution in [1.29, 1.82) is 5.26 Å². The number of nitrogens with two attached hydrogens (primary N) is 1. The van der Waals surface area contributed by atoms with Crippen molar-refractivity contribution in [3.05, 3.63) is 23.0 Å². The molecule has 1 aromatic carbocycles. The van der Waals surface area contributed by atoms with Gasteiger partial charge in [-0.05, 0) is 37.8 Å². The average molecular weight is 249 g/mol. The number of hydrogen-bond donors (Lipinski definition) is 3. The largest absolute Gasteiger partial charge is 0.397 e. The molecule has 1 aliphatic rings. The molecular formula is C13H16FN3O. The lowest BCUT2D eigenvalue weighted by Gasteiger charge is -2.37. The quantitative estimate of drug-likeness (QED) is 0.715. The fourth-order valence-electron chi connectivity index (χ4n) is 2.13. The van der Waals surface area contributed by atoms with E-state index in [2.05, 4.69) is 5.32 Å². The number of anilines is 2. The number of aliphatic hydroxyl groups is 1. The molecule has 0 bridgehead atoms. The Morgan fingerprint density at radius 2 is 2.28 bits per heavy atom. The van der Waals surface area contributed by atoms with E-state index in [0.29, 0.717) is 11.3 Å². The van der Waals surface area contributed by atoms with Crippen LogP contribution in [0.1, 0.15) is 30.4 Å². The van der Waals surface area contributed by atoms with Crippen LogP contribution in [0.25, 0.3) is 0 Å². The monoisotopic (exact) mass is 249 g/mol. The van der Waals surface area contributed by atoms with Crippen molar-refractivity contribution in [3.8, 4) is 6.07 Å². The summed E-state index contributed by atoms with van der Waals surface area (Å²) in [7, 11) is 0. The first-order valence-corrected chi connectivity index (χ1v) is 5.92. The van der Waals surface area contributed by atoms with Crippen LogP contribution in [-0.4, -0.2) is 17.3 Å². The zero-order valence-electron chi connectivity index (χ0n) is 10.3. The molecule has 1 aromatic rings. The normalized spacial score (nSPS) is 16.8. The van der Waals surface area contributed by atoms with Gasteiger partial charge in [-0.25, -0.2) is 4.39 Å². The number of nitriles is 1. The fraction of sp³-hybridized carbons (Fsp3) is 0.462. The van der Waals surface area contributed by atoms with Crippen LogP contribution in [0.15, 0.2) is 6.07 Å². The molecule has 96 valence electrons. The Kier molecular flexibility index (Phi) is 3.14. The van der Waals surface area contributed by atoms with E-state index in [1.54, 1.807) is 6.92 Å². The summed E-state index contributed by atoms with van der Waals surface area (Å²) in [6.07, 6.45) is 2.42. The van der Waals surface area contributed by atoms with Gasteiger partial charge in [0.25, 0.3) is 0 Å². The highest BCUT2D eigenvalue weighted by atomic mass is 19.1. The van der Waals surface area contributed by atoms with E-state index in [4.69, 9.17) is 11.0 Å². The molecule has 0 aromatic heterocycles. The topological polar surface area (TPSA) is 82.1 Å². The maximum atomic E-state index is 13.8. The Bertz CT molecular complexity index is 518. The second-order valence-corrected chi connectivity index (χ2v) is 4.89. The van der Waals surface area contributed by atoms with Crippen LogP contribution in [0.2, 0.25) is 0 Å². The summed E-state index contributed by atoms with van der Waals surface area (Å²) in [4.78, 5) is 0. The molecule has 2 rings (SSSR count). The molecule has 0 heterocycles. The van der Waals surface area contributed by atoms with Crippen LogP contribution in [-0.2, 0) is 0 Å². The van der Waals surface area contributed by atoms with E-state index in [0.717, 1.165) is 19.3 Å². The third-order valence-electron chi connectivity index (χ3n) is 3.47. The molecule has 0 atom stereocenters. The van der Waals surface area contributed by atoms with Gasteiger partial charge in [0.15, 0.2) is 0 Å². The minimum atomic E-state index is -0.749. The number of benzene rings is 1. The number of rotatable bonds is 3. The predicted octanol–water partition coefficient (Wildman–Crippen LogP) is 1.91. The van der Waals surface area contributed by atoms with E-state index in [1.807, 2.05) is 6.07 Å². The lowest BCUT2D eigenvalue weighted by Crippen LogP contribution is -2.43. The number of nitrogens with zero attached hydrogens (tertiary/aromatic N) is 1. The molecule has 4 nitrogen and oxygen atoms in total. The van der Waals surface area contributed by atoms with Gasteiger partial charge in [0.1, 0.15) is 17.4 Å². The molecule has 1 saturated carbocycles. The highest BCUT2D eigenvalue weighted by Gasteiger charge is 2.34. The number of aryl methyl sites for hydroxylation is 1. The Labute approximate surface area is 105 Å². The van der Waals surface area contributed by atoms with Gasteiger partial charge in [-0.15, -0.1) is 0 Å². The maximum Gasteiger partial charge on any atom is 0.146 e. The smallest absolute Gasteiger partial charge is 0.146 e. The lowest BCUT2D eigenvalue weighted by atomic mass is 9.80.